The first kappa shape index (κ1) is 17.2. The summed E-state index contributed by atoms with van der Waals surface area (Å²) < 4.78 is 26.9. The van der Waals surface area contributed by atoms with Gasteiger partial charge in [0.05, 0.1) is 0 Å². The monoisotopic (exact) mass is 284 g/mol. The molecule has 0 spiro atoms. The van der Waals surface area contributed by atoms with Crippen molar-refractivity contribution in [3.8, 4) is 0 Å². The number of nitrogens with zero attached hydrogens (tertiary/aromatic N) is 2. The summed E-state index contributed by atoms with van der Waals surface area (Å²) in [4.78, 5) is 0. The fraction of sp³-hybridized carbons (Fsp3) is 1.00. The number of hydrogen-bond acceptors (Lipinski definition) is 4. The maximum absolute atomic E-state index is 12.1. The summed E-state index contributed by atoms with van der Waals surface area (Å²) in [6.07, 6.45) is 3.31. The average Bonchev–Trinajstić information content (AvgIpc) is 2.31. The zero-order valence-electron chi connectivity index (χ0n) is 11.1. The quantitative estimate of drug-likeness (QED) is 0.674. The standard InChI is InChI=1S/C10H24N2O3S2/c1-10(6-9-16-4)12(3)17(14,15)11(2)7-5-8-13/h10,13H,5-9H2,1-4H3. The Hall–Kier alpha value is 0.180. The molecule has 0 fully saturated rings. The number of hydrogen-bond donors (Lipinski definition) is 1. The summed E-state index contributed by atoms with van der Waals surface area (Å²) in [6.45, 7) is 2.26. The third-order valence-corrected chi connectivity index (χ3v) is 5.45. The van der Waals surface area contributed by atoms with Crippen LogP contribution in [0.25, 0.3) is 0 Å². The first-order valence-electron chi connectivity index (χ1n) is 5.67. The Kier molecular flexibility index (Phi) is 8.40. The van der Waals surface area contributed by atoms with Gasteiger partial charge in [0, 0.05) is 33.3 Å². The van der Waals surface area contributed by atoms with E-state index < -0.39 is 10.2 Å². The molecule has 0 aromatic heterocycles. The molecule has 1 unspecified atom stereocenters. The Morgan fingerprint density at radius 1 is 1.35 bits per heavy atom. The lowest BCUT2D eigenvalue weighted by atomic mass is 10.3. The molecule has 0 saturated heterocycles. The van der Waals surface area contributed by atoms with Crippen LogP contribution in [-0.2, 0) is 10.2 Å². The van der Waals surface area contributed by atoms with Crippen molar-refractivity contribution in [1.82, 2.24) is 8.61 Å². The highest BCUT2D eigenvalue weighted by Gasteiger charge is 2.26. The second-order valence-electron chi connectivity index (χ2n) is 4.05. The molecule has 0 heterocycles. The van der Waals surface area contributed by atoms with E-state index in [1.54, 1.807) is 25.9 Å². The molecule has 1 N–H and O–H groups in total. The zero-order chi connectivity index (χ0) is 13.5. The van der Waals surface area contributed by atoms with Crippen LogP contribution in [0.3, 0.4) is 0 Å². The SMILES string of the molecule is CSCCC(C)N(C)S(=O)(=O)N(C)CCCO. The molecule has 0 aliphatic heterocycles. The van der Waals surface area contributed by atoms with Crippen molar-refractivity contribution < 1.29 is 13.5 Å². The Labute approximate surface area is 109 Å². The van der Waals surface area contributed by atoms with E-state index in [9.17, 15) is 8.42 Å². The lowest BCUT2D eigenvalue weighted by Crippen LogP contribution is -2.44. The number of rotatable bonds is 9. The number of thioether (sulfide) groups is 1. The van der Waals surface area contributed by atoms with Gasteiger partial charge >= 0.3 is 0 Å². The molecule has 0 rings (SSSR count). The lowest BCUT2D eigenvalue weighted by Gasteiger charge is -2.28. The minimum Gasteiger partial charge on any atom is -0.396 e. The summed E-state index contributed by atoms with van der Waals surface area (Å²) in [5.74, 6) is 0.946. The van der Waals surface area contributed by atoms with E-state index in [0.717, 1.165) is 12.2 Å². The van der Waals surface area contributed by atoms with Gasteiger partial charge < -0.3 is 5.11 Å². The molecule has 0 aliphatic rings. The molecule has 1 atom stereocenters. The summed E-state index contributed by atoms with van der Waals surface area (Å²) >= 11 is 1.71. The lowest BCUT2D eigenvalue weighted by molar-refractivity contribution is 0.269. The molecular formula is C10H24N2O3S2. The van der Waals surface area contributed by atoms with Crippen molar-refractivity contribution in [3.63, 3.8) is 0 Å². The smallest absolute Gasteiger partial charge is 0.281 e. The first-order valence-corrected chi connectivity index (χ1v) is 8.46. The van der Waals surface area contributed by atoms with Crippen LogP contribution in [0.15, 0.2) is 0 Å². The third-order valence-electron chi connectivity index (χ3n) is 2.75. The summed E-state index contributed by atoms with van der Waals surface area (Å²) in [5, 5.41) is 8.71. The van der Waals surface area contributed by atoms with Crippen molar-refractivity contribution in [2.75, 3.05) is 39.3 Å². The van der Waals surface area contributed by atoms with E-state index in [2.05, 4.69) is 0 Å². The van der Waals surface area contributed by atoms with Crippen LogP contribution in [0.1, 0.15) is 19.8 Å². The van der Waals surface area contributed by atoms with Gasteiger partial charge in [-0.1, -0.05) is 0 Å². The molecule has 104 valence electrons. The highest BCUT2D eigenvalue weighted by molar-refractivity contribution is 7.98. The van der Waals surface area contributed by atoms with Gasteiger partial charge in [-0.2, -0.15) is 28.8 Å². The second-order valence-corrected chi connectivity index (χ2v) is 7.13. The summed E-state index contributed by atoms with van der Waals surface area (Å²) in [6, 6.07) is -0.0102. The Balaban J connectivity index is 4.46. The summed E-state index contributed by atoms with van der Waals surface area (Å²) in [5.41, 5.74) is 0. The predicted octanol–water partition coefficient (Wildman–Crippen LogP) is 0.619. The Morgan fingerprint density at radius 3 is 2.41 bits per heavy atom. The Morgan fingerprint density at radius 2 is 1.94 bits per heavy atom. The molecule has 0 aliphatic carbocycles. The van der Waals surface area contributed by atoms with Crippen LogP contribution < -0.4 is 0 Å². The van der Waals surface area contributed by atoms with Gasteiger partial charge in [-0.05, 0) is 31.8 Å². The molecular weight excluding hydrogens is 260 g/mol. The van der Waals surface area contributed by atoms with Gasteiger partial charge in [-0.15, -0.1) is 0 Å². The van der Waals surface area contributed by atoms with Gasteiger partial charge in [0.1, 0.15) is 0 Å². The first-order chi connectivity index (χ1) is 7.87. The normalized spacial score (nSPS) is 14.5. The largest absolute Gasteiger partial charge is 0.396 e. The van der Waals surface area contributed by atoms with E-state index >= 15 is 0 Å². The van der Waals surface area contributed by atoms with E-state index in [0.29, 0.717) is 13.0 Å². The van der Waals surface area contributed by atoms with Crippen LogP contribution in [0.2, 0.25) is 0 Å². The van der Waals surface area contributed by atoms with Crippen molar-refractivity contribution in [3.05, 3.63) is 0 Å². The highest BCUT2D eigenvalue weighted by atomic mass is 32.2. The number of aliphatic hydroxyl groups is 1. The van der Waals surface area contributed by atoms with Gasteiger partial charge in [0.15, 0.2) is 0 Å². The third kappa shape index (κ3) is 5.56. The van der Waals surface area contributed by atoms with Crippen molar-refractivity contribution in [2.24, 2.45) is 0 Å². The molecule has 0 bridgehead atoms. The van der Waals surface area contributed by atoms with Gasteiger partial charge in [-0.3, -0.25) is 0 Å². The second kappa shape index (κ2) is 8.31. The minimum atomic E-state index is -3.39. The average molecular weight is 284 g/mol. The van der Waals surface area contributed by atoms with Gasteiger partial charge in [-0.25, -0.2) is 0 Å². The van der Waals surface area contributed by atoms with Gasteiger partial charge in [0.2, 0.25) is 0 Å². The minimum absolute atomic E-state index is 0.00556. The summed E-state index contributed by atoms with van der Waals surface area (Å²) in [7, 11) is -0.243. The van der Waals surface area contributed by atoms with Crippen molar-refractivity contribution >= 4 is 22.0 Å². The van der Waals surface area contributed by atoms with Crippen LogP contribution in [0.4, 0.5) is 0 Å². The van der Waals surface area contributed by atoms with Crippen LogP contribution in [0, 0.1) is 0 Å². The molecule has 17 heavy (non-hydrogen) atoms. The molecule has 7 heteroatoms. The zero-order valence-corrected chi connectivity index (χ0v) is 12.7. The highest BCUT2D eigenvalue weighted by Crippen LogP contribution is 2.13. The van der Waals surface area contributed by atoms with Crippen LogP contribution >= 0.6 is 11.8 Å². The van der Waals surface area contributed by atoms with E-state index in [1.165, 1.54) is 8.61 Å². The molecule has 5 nitrogen and oxygen atoms in total. The maximum atomic E-state index is 12.1. The van der Waals surface area contributed by atoms with Crippen LogP contribution in [0.5, 0.6) is 0 Å². The molecule has 0 aromatic rings. The van der Waals surface area contributed by atoms with Crippen molar-refractivity contribution in [1.29, 1.82) is 0 Å². The molecule has 0 saturated carbocycles. The Bertz CT molecular complexity index is 296. The predicted molar refractivity (Wildman–Crippen MR) is 73.5 cm³/mol. The number of aliphatic hydroxyl groups excluding tert-OH is 1. The van der Waals surface area contributed by atoms with Crippen LogP contribution in [-0.4, -0.2) is 67.4 Å². The molecule has 0 aromatic carbocycles. The maximum Gasteiger partial charge on any atom is 0.281 e. The van der Waals surface area contributed by atoms with Crippen molar-refractivity contribution in [2.45, 2.75) is 25.8 Å². The topological polar surface area (TPSA) is 60.9 Å². The molecule has 0 amide bonds. The fourth-order valence-electron chi connectivity index (χ4n) is 1.33. The van der Waals surface area contributed by atoms with E-state index in [-0.39, 0.29) is 12.6 Å². The van der Waals surface area contributed by atoms with E-state index in [4.69, 9.17) is 5.11 Å². The van der Waals surface area contributed by atoms with E-state index in [1.807, 2.05) is 13.2 Å². The van der Waals surface area contributed by atoms with Gasteiger partial charge in [0.25, 0.3) is 10.2 Å². The molecule has 0 radical (unpaired) electrons. The fourth-order valence-corrected chi connectivity index (χ4v) is 3.26.